The van der Waals surface area contributed by atoms with Gasteiger partial charge in [0, 0.05) is 30.8 Å². The highest BCUT2D eigenvalue weighted by Crippen LogP contribution is 2.22. The average Bonchev–Trinajstić information content (AvgIpc) is 2.65. The number of benzene rings is 2. The fourth-order valence-corrected chi connectivity index (χ4v) is 2.98. The highest BCUT2D eigenvalue weighted by atomic mass is 16.2. The topological polar surface area (TPSA) is 153 Å². The van der Waals surface area contributed by atoms with Crippen molar-refractivity contribution in [3.63, 3.8) is 0 Å². The van der Waals surface area contributed by atoms with E-state index in [1.165, 1.54) is 12.1 Å². The Labute approximate surface area is 151 Å². The molecule has 0 aliphatic carbocycles. The molecule has 3 rings (SSSR count). The first-order valence-corrected chi connectivity index (χ1v) is 8.24. The van der Waals surface area contributed by atoms with E-state index >= 15 is 0 Å². The van der Waals surface area contributed by atoms with Gasteiger partial charge in [-0.25, -0.2) is 0 Å². The van der Waals surface area contributed by atoms with E-state index in [2.05, 4.69) is 5.32 Å². The van der Waals surface area contributed by atoms with Gasteiger partial charge in [0.25, 0.3) is 5.91 Å². The molecular formula is C18H22N6O2. The maximum Gasteiger partial charge on any atom is 0.254 e. The predicted molar refractivity (Wildman–Crippen MR) is 103 cm³/mol. The van der Waals surface area contributed by atoms with Crippen LogP contribution in [0.1, 0.15) is 20.7 Å². The van der Waals surface area contributed by atoms with Crippen LogP contribution in [0.2, 0.25) is 0 Å². The lowest BCUT2D eigenvalue weighted by atomic mass is 9.99. The van der Waals surface area contributed by atoms with Gasteiger partial charge >= 0.3 is 0 Å². The van der Waals surface area contributed by atoms with Crippen LogP contribution in [0.4, 0.5) is 22.7 Å². The lowest BCUT2D eigenvalue weighted by Gasteiger charge is -2.35. The van der Waals surface area contributed by atoms with Crippen LogP contribution in [0.25, 0.3) is 0 Å². The average molecular weight is 354 g/mol. The van der Waals surface area contributed by atoms with Gasteiger partial charge in [0.1, 0.15) is 6.04 Å². The molecule has 1 atom stereocenters. The fraction of sp³-hybridized carbons (Fsp3) is 0.222. The number of ketones is 1. The van der Waals surface area contributed by atoms with Crippen LogP contribution in [-0.4, -0.2) is 42.3 Å². The molecule has 2 aromatic rings. The van der Waals surface area contributed by atoms with Crippen molar-refractivity contribution in [3.05, 3.63) is 47.5 Å². The van der Waals surface area contributed by atoms with Crippen molar-refractivity contribution in [2.24, 2.45) is 0 Å². The minimum atomic E-state index is -0.641. The summed E-state index contributed by atoms with van der Waals surface area (Å²) in [6, 6.07) is 8.83. The van der Waals surface area contributed by atoms with E-state index in [1.807, 2.05) is 0 Å². The standard InChI is InChI=1S/C18H22N6O2/c19-12-3-1-10(7-14(12)21)17(25)16-9-23-5-6-24(16)18(26)11-2-4-13(20)15(22)8-11/h1-4,7-8,16,23H,5-6,9,19-22H2. The molecule has 1 aliphatic heterocycles. The molecule has 2 aromatic carbocycles. The van der Waals surface area contributed by atoms with Gasteiger partial charge in [-0.2, -0.15) is 0 Å². The number of piperazine rings is 1. The monoisotopic (exact) mass is 354 g/mol. The quantitative estimate of drug-likeness (QED) is 0.393. The number of Topliss-reactive ketones (excluding diaryl/α,β-unsaturated/α-hetero) is 1. The van der Waals surface area contributed by atoms with Crippen LogP contribution in [0.15, 0.2) is 36.4 Å². The molecule has 1 heterocycles. The molecule has 0 saturated carbocycles. The van der Waals surface area contributed by atoms with Crippen LogP contribution in [0.3, 0.4) is 0 Å². The number of amides is 1. The SMILES string of the molecule is Nc1ccc(C(=O)C2CNCCN2C(=O)c2ccc(N)c(N)c2)cc1N. The first-order valence-electron chi connectivity index (χ1n) is 8.24. The second kappa shape index (κ2) is 6.93. The zero-order valence-corrected chi connectivity index (χ0v) is 14.2. The van der Waals surface area contributed by atoms with E-state index < -0.39 is 6.04 Å². The van der Waals surface area contributed by atoms with Gasteiger partial charge in [0.05, 0.1) is 22.7 Å². The fourth-order valence-electron chi connectivity index (χ4n) is 2.98. The van der Waals surface area contributed by atoms with E-state index in [-0.39, 0.29) is 11.7 Å². The summed E-state index contributed by atoms with van der Waals surface area (Å²) in [5.41, 5.74) is 25.3. The molecule has 9 N–H and O–H groups in total. The van der Waals surface area contributed by atoms with Crippen molar-refractivity contribution < 1.29 is 9.59 Å². The van der Waals surface area contributed by atoms with Crippen molar-refractivity contribution in [1.29, 1.82) is 0 Å². The maximum absolute atomic E-state index is 13.0. The van der Waals surface area contributed by atoms with Crippen LogP contribution >= 0.6 is 0 Å². The highest BCUT2D eigenvalue weighted by molar-refractivity contribution is 6.05. The molecule has 1 aliphatic rings. The third-order valence-electron chi connectivity index (χ3n) is 4.51. The normalized spacial score (nSPS) is 17.1. The van der Waals surface area contributed by atoms with Crippen LogP contribution in [-0.2, 0) is 0 Å². The molecule has 1 unspecified atom stereocenters. The Morgan fingerprint density at radius 1 is 0.885 bits per heavy atom. The summed E-state index contributed by atoms with van der Waals surface area (Å²) in [5, 5.41) is 3.15. The zero-order valence-electron chi connectivity index (χ0n) is 14.2. The summed E-state index contributed by atoms with van der Waals surface area (Å²) >= 11 is 0. The van der Waals surface area contributed by atoms with E-state index in [4.69, 9.17) is 22.9 Å². The van der Waals surface area contributed by atoms with Gasteiger partial charge in [-0.3, -0.25) is 9.59 Å². The first-order chi connectivity index (χ1) is 12.4. The number of carbonyl (C=O) groups excluding carboxylic acids is 2. The van der Waals surface area contributed by atoms with E-state index in [0.717, 1.165) is 0 Å². The molecule has 0 radical (unpaired) electrons. The van der Waals surface area contributed by atoms with Gasteiger partial charge in [0.15, 0.2) is 5.78 Å². The molecule has 0 bridgehead atoms. The number of hydrogen-bond acceptors (Lipinski definition) is 7. The van der Waals surface area contributed by atoms with Crippen LogP contribution in [0.5, 0.6) is 0 Å². The molecule has 1 amide bonds. The molecule has 1 saturated heterocycles. The molecule has 136 valence electrons. The lowest BCUT2D eigenvalue weighted by Crippen LogP contribution is -2.57. The van der Waals surface area contributed by atoms with E-state index in [0.29, 0.717) is 53.5 Å². The number of nitrogens with two attached hydrogens (primary N) is 4. The summed E-state index contributed by atoms with van der Waals surface area (Å²) in [6.07, 6.45) is 0. The number of nitrogen functional groups attached to an aromatic ring is 4. The molecular weight excluding hydrogens is 332 g/mol. The van der Waals surface area contributed by atoms with E-state index in [1.54, 1.807) is 29.2 Å². The summed E-state index contributed by atoms with van der Waals surface area (Å²) in [6.45, 7) is 1.37. The summed E-state index contributed by atoms with van der Waals surface area (Å²) in [5.74, 6) is -0.458. The Morgan fingerprint density at radius 3 is 2.08 bits per heavy atom. The van der Waals surface area contributed by atoms with Crippen molar-refractivity contribution in [1.82, 2.24) is 10.2 Å². The third-order valence-corrected chi connectivity index (χ3v) is 4.51. The minimum Gasteiger partial charge on any atom is -0.397 e. The second-order valence-electron chi connectivity index (χ2n) is 6.27. The summed E-state index contributed by atoms with van der Waals surface area (Å²) < 4.78 is 0. The molecule has 0 spiro atoms. The minimum absolute atomic E-state index is 0.194. The van der Waals surface area contributed by atoms with Crippen LogP contribution in [0, 0.1) is 0 Å². The van der Waals surface area contributed by atoms with Gasteiger partial charge < -0.3 is 33.2 Å². The Kier molecular flexibility index (Phi) is 4.68. The lowest BCUT2D eigenvalue weighted by molar-refractivity contribution is 0.0570. The van der Waals surface area contributed by atoms with Gasteiger partial charge in [0.2, 0.25) is 0 Å². The Bertz CT molecular complexity index is 795. The Hall–Kier alpha value is -3.26. The molecule has 8 nitrogen and oxygen atoms in total. The van der Waals surface area contributed by atoms with Crippen molar-refractivity contribution >= 4 is 34.4 Å². The Morgan fingerprint density at radius 2 is 1.46 bits per heavy atom. The third kappa shape index (κ3) is 3.27. The summed E-state index contributed by atoms with van der Waals surface area (Å²) in [4.78, 5) is 27.4. The van der Waals surface area contributed by atoms with Crippen molar-refractivity contribution in [2.75, 3.05) is 42.6 Å². The zero-order chi connectivity index (χ0) is 18.8. The molecule has 26 heavy (non-hydrogen) atoms. The number of carbonyl (C=O) groups is 2. The summed E-state index contributed by atoms with van der Waals surface area (Å²) in [7, 11) is 0. The maximum atomic E-state index is 13.0. The first kappa shape index (κ1) is 17.6. The molecule has 0 aromatic heterocycles. The molecule has 1 fully saturated rings. The smallest absolute Gasteiger partial charge is 0.254 e. The largest absolute Gasteiger partial charge is 0.397 e. The Balaban J connectivity index is 1.89. The second-order valence-corrected chi connectivity index (χ2v) is 6.27. The highest BCUT2D eigenvalue weighted by Gasteiger charge is 2.33. The van der Waals surface area contributed by atoms with Crippen LogP contribution < -0.4 is 28.3 Å². The van der Waals surface area contributed by atoms with Crippen molar-refractivity contribution in [2.45, 2.75) is 6.04 Å². The van der Waals surface area contributed by atoms with Gasteiger partial charge in [-0.15, -0.1) is 0 Å². The number of rotatable bonds is 3. The van der Waals surface area contributed by atoms with Gasteiger partial charge in [-0.1, -0.05) is 0 Å². The van der Waals surface area contributed by atoms with Gasteiger partial charge in [-0.05, 0) is 36.4 Å². The predicted octanol–water partition coefficient (Wildman–Crippen LogP) is 0.312. The number of hydrogen-bond donors (Lipinski definition) is 5. The molecule has 8 heteroatoms. The number of anilines is 4. The van der Waals surface area contributed by atoms with Crippen molar-refractivity contribution in [3.8, 4) is 0 Å². The van der Waals surface area contributed by atoms with E-state index in [9.17, 15) is 9.59 Å². The number of nitrogens with one attached hydrogen (secondary N) is 1. The number of nitrogens with zero attached hydrogens (tertiary/aromatic N) is 1.